The van der Waals surface area contributed by atoms with E-state index < -0.39 is 0 Å². The molecular formula is C17H24N2O2. The van der Waals surface area contributed by atoms with E-state index in [1.807, 2.05) is 13.0 Å². The normalized spacial score (nSPS) is 17.8. The van der Waals surface area contributed by atoms with Gasteiger partial charge in [-0.05, 0) is 62.5 Å². The van der Waals surface area contributed by atoms with Gasteiger partial charge in [0, 0.05) is 12.2 Å². The number of nitrogens with one attached hydrogen (secondary N) is 1. The number of hydrogen-bond acceptors (Lipinski definition) is 3. The van der Waals surface area contributed by atoms with Crippen molar-refractivity contribution in [1.29, 1.82) is 0 Å². The maximum atomic E-state index is 12.5. The van der Waals surface area contributed by atoms with Gasteiger partial charge in [0.2, 0.25) is 0 Å². The molecule has 0 radical (unpaired) electrons. The van der Waals surface area contributed by atoms with Crippen LogP contribution in [0.25, 0.3) is 0 Å². The Hall–Kier alpha value is -1.71. The molecule has 4 heteroatoms. The number of rotatable bonds is 7. The number of ether oxygens (including phenoxy) is 1. The molecule has 114 valence electrons. The molecule has 0 atom stereocenters. The van der Waals surface area contributed by atoms with E-state index in [1.165, 1.54) is 25.7 Å². The molecule has 3 rings (SSSR count). The van der Waals surface area contributed by atoms with Gasteiger partial charge in [0.25, 0.3) is 5.91 Å². The zero-order valence-corrected chi connectivity index (χ0v) is 12.6. The van der Waals surface area contributed by atoms with Crippen LogP contribution in [0.2, 0.25) is 0 Å². The van der Waals surface area contributed by atoms with Gasteiger partial charge in [-0.2, -0.15) is 0 Å². The maximum Gasteiger partial charge on any atom is 0.257 e. The number of carbonyl (C=O) groups excluding carboxylic acids is 1. The van der Waals surface area contributed by atoms with Gasteiger partial charge in [0.05, 0.1) is 6.61 Å². The fourth-order valence-electron chi connectivity index (χ4n) is 3.13. The summed E-state index contributed by atoms with van der Waals surface area (Å²) < 4.78 is 5.52. The third-order valence-electron chi connectivity index (χ3n) is 4.54. The highest BCUT2D eigenvalue weighted by Crippen LogP contribution is 2.48. The van der Waals surface area contributed by atoms with E-state index in [1.54, 1.807) is 12.1 Å². The quantitative estimate of drug-likeness (QED) is 0.758. The van der Waals surface area contributed by atoms with Crippen molar-refractivity contribution in [2.45, 2.75) is 32.6 Å². The van der Waals surface area contributed by atoms with Crippen LogP contribution in [-0.2, 0) is 0 Å². The standard InChI is InChI=1S/C17H24N2O2/c1-2-21-15-5-3-4-14(18)16(15)17(20)19-10-13(11-6-7-11)12-8-9-12/h3-5,11-13H,2,6-10,18H2,1H3,(H,19,20). The molecule has 2 aliphatic rings. The van der Waals surface area contributed by atoms with Gasteiger partial charge >= 0.3 is 0 Å². The Morgan fingerprint density at radius 3 is 2.57 bits per heavy atom. The van der Waals surface area contributed by atoms with E-state index in [2.05, 4.69) is 5.32 Å². The van der Waals surface area contributed by atoms with Gasteiger partial charge in [-0.15, -0.1) is 0 Å². The molecule has 2 fully saturated rings. The third kappa shape index (κ3) is 3.31. The summed E-state index contributed by atoms with van der Waals surface area (Å²) in [5.41, 5.74) is 6.92. The second-order valence-corrected chi connectivity index (χ2v) is 6.20. The number of nitrogen functional groups attached to an aromatic ring is 1. The number of nitrogens with two attached hydrogens (primary N) is 1. The molecule has 0 bridgehead atoms. The average molecular weight is 288 g/mol. The summed E-state index contributed by atoms with van der Waals surface area (Å²) in [5.74, 6) is 2.79. The molecule has 2 saturated carbocycles. The maximum absolute atomic E-state index is 12.5. The van der Waals surface area contributed by atoms with Crippen molar-refractivity contribution in [3.8, 4) is 5.75 Å². The van der Waals surface area contributed by atoms with Crippen LogP contribution in [0.1, 0.15) is 43.0 Å². The summed E-state index contributed by atoms with van der Waals surface area (Å²) in [4.78, 5) is 12.5. The molecule has 0 heterocycles. The summed E-state index contributed by atoms with van der Waals surface area (Å²) in [6, 6.07) is 5.36. The van der Waals surface area contributed by atoms with Crippen LogP contribution >= 0.6 is 0 Å². The predicted octanol–water partition coefficient (Wildman–Crippen LogP) is 2.83. The molecule has 1 aromatic rings. The van der Waals surface area contributed by atoms with Crippen molar-refractivity contribution in [1.82, 2.24) is 5.32 Å². The minimum Gasteiger partial charge on any atom is -0.493 e. The van der Waals surface area contributed by atoms with Crippen LogP contribution in [0.4, 0.5) is 5.69 Å². The number of benzene rings is 1. The van der Waals surface area contributed by atoms with Crippen LogP contribution in [0, 0.1) is 17.8 Å². The molecule has 1 aromatic carbocycles. The molecule has 4 nitrogen and oxygen atoms in total. The smallest absolute Gasteiger partial charge is 0.257 e. The zero-order chi connectivity index (χ0) is 14.8. The first-order valence-electron chi connectivity index (χ1n) is 8.00. The molecule has 1 amide bonds. The Bertz CT molecular complexity index is 510. The minimum atomic E-state index is -0.108. The Kier molecular flexibility index (Phi) is 4.04. The second-order valence-electron chi connectivity index (χ2n) is 6.20. The van der Waals surface area contributed by atoms with E-state index >= 15 is 0 Å². The van der Waals surface area contributed by atoms with Gasteiger partial charge in [-0.3, -0.25) is 4.79 Å². The molecule has 3 N–H and O–H groups in total. The molecule has 0 aromatic heterocycles. The van der Waals surface area contributed by atoms with E-state index in [0.29, 0.717) is 29.5 Å². The number of hydrogen-bond donors (Lipinski definition) is 2. The summed E-state index contributed by atoms with van der Waals surface area (Å²) in [6.07, 6.45) is 5.31. The lowest BCUT2D eigenvalue weighted by Gasteiger charge is -2.18. The monoisotopic (exact) mass is 288 g/mol. The van der Waals surface area contributed by atoms with Crippen molar-refractivity contribution >= 4 is 11.6 Å². The van der Waals surface area contributed by atoms with Gasteiger partial charge in [-0.25, -0.2) is 0 Å². The summed E-state index contributed by atoms with van der Waals surface area (Å²) in [6.45, 7) is 3.20. The molecular weight excluding hydrogens is 264 g/mol. The third-order valence-corrected chi connectivity index (χ3v) is 4.54. The van der Waals surface area contributed by atoms with Crippen LogP contribution in [0.15, 0.2) is 18.2 Å². The van der Waals surface area contributed by atoms with Crippen LogP contribution in [0.5, 0.6) is 5.75 Å². The SMILES string of the molecule is CCOc1cccc(N)c1C(=O)NCC(C1CC1)C1CC1. The van der Waals surface area contributed by atoms with Crippen LogP contribution < -0.4 is 15.8 Å². The molecule has 21 heavy (non-hydrogen) atoms. The molecule has 0 spiro atoms. The Morgan fingerprint density at radius 1 is 1.33 bits per heavy atom. The Morgan fingerprint density at radius 2 is 2.00 bits per heavy atom. The Labute approximate surface area is 126 Å². The first-order chi connectivity index (χ1) is 10.2. The summed E-state index contributed by atoms with van der Waals surface area (Å²) in [5, 5.41) is 3.08. The molecule has 0 saturated heterocycles. The highest BCUT2D eigenvalue weighted by Gasteiger charge is 2.41. The highest BCUT2D eigenvalue weighted by atomic mass is 16.5. The van der Waals surface area contributed by atoms with Gasteiger partial charge in [0.1, 0.15) is 11.3 Å². The largest absolute Gasteiger partial charge is 0.493 e. The van der Waals surface area contributed by atoms with Crippen molar-refractivity contribution in [2.75, 3.05) is 18.9 Å². The molecule has 0 aliphatic heterocycles. The van der Waals surface area contributed by atoms with Gasteiger partial charge in [0.15, 0.2) is 0 Å². The highest BCUT2D eigenvalue weighted by molar-refractivity contribution is 6.01. The first kappa shape index (κ1) is 14.2. The van der Waals surface area contributed by atoms with E-state index in [9.17, 15) is 4.79 Å². The number of anilines is 1. The van der Waals surface area contributed by atoms with E-state index in [4.69, 9.17) is 10.5 Å². The average Bonchev–Trinajstić information content (AvgIpc) is 3.33. The first-order valence-corrected chi connectivity index (χ1v) is 8.00. The Balaban J connectivity index is 1.67. The van der Waals surface area contributed by atoms with Crippen molar-refractivity contribution in [3.05, 3.63) is 23.8 Å². The minimum absolute atomic E-state index is 0.108. The van der Waals surface area contributed by atoms with Crippen molar-refractivity contribution < 1.29 is 9.53 Å². The fourth-order valence-corrected chi connectivity index (χ4v) is 3.13. The molecule has 2 aliphatic carbocycles. The lowest BCUT2D eigenvalue weighted by Crippen LogP contribution is -2.32. The zero-order valence-electron chi connectivity index (χ0n) is 12.6. The molecule has 0 unspecified atom stereocenters. The summed E-state index contributed by atoms with van der Waals surface area (Å²) in [7, 11) is 0. The van der Waals surface area contributed by atoms with Crippen molar-refractivity contribution in [2.24, 2.45) is 17.8 Å². The lowest BCUT2D eigenvalue weighted by atomic mass is 9.98. The summed E-state index contributed by atoms with van der Waals surface area (Å²) >= 11 is 0. The number of amides is 1. The number of carbonyl (C=O) groups is 1. The van der Waals surface area contributed by atoms with Crippen molar-refractivity contribution in [3.63, 3.8) is 0 Å². The van der Waals surface area contributed by atoms with E-state index in [0.717, 1.165) is 18.4 Å². The van der Waals surface area contributed by atoms with Gasteiger partial charge < -0.3 is 15.8 Å². The predicted molar refractivity (Wildman–Crippen MR) is 83.3 cm³/mol. The topological polar surface area (TPSA) is 64.3 Å². The lowest BCUT2D eigenvalue weighted by molar-refractivity contribution is 0.0940. The van der Waals surface area contributed by atoms with Crippen LogP contribution in [0.3, 0.4) is 0 Å². The second kappa shape index (κ2) is 5.96. The van der Waals surface area contributed by atoms with Crippen LogP contribution in [-0.4, -0.2) is 19.1 Å². The fraction of sp³-hybridized carbons (Fsp3) is 0.588. The van der Waals surface area contributed by atoms with E-state index in [-0.39, 0.29) is 5.91 Å². The van der Waals surface area contributed by atoms with Gasteiger partial charge in [-0.1, -0.05) is 6.07 Å².